The summed E-state index contributed by atoms with van der Waals surface area (Å²) in [5.74, 6) is 2.41. The number of hydrogen-bond acceptors (Lipinski definition) is 3. The molecule has 4 rings (SSSR count). The molecule has 0 fully saturated rings. The van der Waals surface area contributed by atoms with Gasteiger partial charge in [-0.25, -0.2) is 4.98 Å². The highest BCUT2D eigenvalue weighted by Crippen LogP contribution is 2.28. The lowest BCUT2D eigenvalue weighted by atomic mass is 10.1. The van der Waals surface area contributed by atoms with Crippen LogP contribution in [0.1, 0.15) is 30.0 Å². The lowest BCUT2D eigenvalue weighted by Gasteiger charge is -2.17. The van der Waals surface area contributed by atoms with Crippen LogP contribution in [0.15, 0.2) is 60.7 Å². The molecule has 6 heteroatoms. The number of ether oxygens (including phenoxy) is 2. The summed E-state index contributed by atoms with van der Waals surface area (Å²) < 4.78 is 14.3. The van der Waals surface area contributed by atoms with E-state index in [-0.39, 0.29) is 6.10 Å². The smallest absolute Gasteiger partial charge is 0.153 e. The minimum absolute atomic E-state index is 0.242. The van der Waals surface area contributed by atoms with Crippen LogP contribution in [0, 0.1) is 13.8 Å². The molecule has 0 aliphatic heterocycles. The molecule has 31 heavy (non-hydrogen) atoms. The van der Waals surface area contributed by atoms with Crippen LogP contribution in [0.3, 0.4) is 0 Å². The molecule has 1 aromatic heterocycles. The van der Waals surface area contributed by atoms with Crippen molar-refractivity contribution in [2.75, 3.05) is 6.61 Å². The Hall–Kier alpha value is -2.69. The second-order valence-electron chi connectivity index (χ2n) is 7.54. The second kappa shape index (κ2) is 9.21. The Balaban J connectivity index is 1.55. The molecule has 0 saturated heterocycles. The SMILES string of the molecule is Cc1cc(OCCn2c(C(C)Oc3ccc(Cl)cc3)nc3ccccc32)cc(C)c1Cl. The predicted molar refractivity (Wildman–Crippen MR) is 127 cm³/mol. The first-order valence-corrected chi connectivity index (χ1v) is 10.9. The van der Waals surface area contributed by atoms with Crippen LogP contribution >= 0.6 is 23.2 Å². The van der Waals surface area contributed by atoms with Crippen LogP contribution in [0.25, 0.3) is 11.0 Å². The number of fused-ring (bicyclic) bond motifs is 1. The van der Waals surface area contributed by atoms with E-state index in [1.165, 1.54) is 0 Å². The topological polar surface area (TPSA) is 36.3 Å². The molecule has 0 N–H and O–H groups in total. The van der Waals surface area contributed by atoms with Crippen LogP contribution in [0.5, 0.6) is 11.5 Å². The third kappa shape index (κ3) is 4.81. The van der Waals surface area contributed by atoms with E-state index in [1.807, 2.05) is 75.4 Å². The molecule has 1 atom stereocenters. The van der Waals surface area contributed by atoms with Crippen molar-refractivity contribution >= 4 is 34.2 Å². The predicted octanol–water partition coefficient (Wildman–Crippen LogP) is 7.18. The number of rotatable bonds is 7. The fourth-order valence-corrected chi connectivity index (χ4v) is 3.89. The van der Waals surface area contributed by atoms with Crippen LogP contribution in [-0.2, 0) is 6.54 Å². The van der Waals surface area contributed by atoms with Crippen LogP contribution < -0.4 is 9.47 Å². The summed E-state index contributed by atoms with van der Waals surface area (Å²) in [7, 11) is 0. The van der Waals surface area contributed by atoms with Gasteiger partial charge in [-0.05, 0) is 80.4 Å². The molecular formula is C25H24Cl2N2O2. The van der Waals surface area contributed by atoms with E-state index in [1.54, 1.807) is 0 Å². The van der Waals surface area contributed by atoms with Crippen molar-refractivity contribution < 1.29 is 9.47 Å². The Morgan fingerprint density at radius 2 is 1.61 bits per heavy atom. The monoisotopic (exact) mass is 454 g/mol. The first-order valence-electron chi connectivity index (χ1n) is 10.2. The Morgan fingerprint density at radius 1 is 0.935 bits per heavy atom. The number of hydrogen-bond donors (Lipinski definition) is 0. The first-order chi connectivity index (χ1) is 14.9. The minimum atomic E-state index is -0.242. The van der Waals surface area contributed by atoms with Crippen molar-refractivity contribution in [1.29, 1.82) is 0 Å². The van der Waals surface area contributed by atoms with Crippen molar-refractivity contribution in [3.63, 3.8) is 0 Å². The fraction of sp³-hybridized carbons (Fsp3) is 0.240. The highest BCUT2D eigenvalue weighted by Gasteiger charge is 2.18. The third-order valence-electron chi connectivity index (χ3n) is 5.17. The molecule has 0 aliphatic carbocycles. The summed E-state index contributed by atoms with van der Waals surface area (Å²) in [5, 5.41) is 1.46. The Labute approximate surface area is 192 Å². The number of nitrogens with zero attached hydrogens (tertiary/aromatic N) is 2. The molecule has 1 heterocycles. The highest BCUT2D eigenvalue weighted by molar-refractivity contribution is 6.32. The summed E-state index contributed by atoms with van der Waals surface area (Å²) >= 11 is 12.3. The van der Waals surface area contributed by atoms with Gasteiger partial charge in [0.25, 0.3) is 0 Å². The standard InChI is InChI=1S/C25H24Cl2N2O2/c1-16-14-21(15-17(2)24(16)27)30-13-12-29-23-7-5-4-6-22(23)28-25(29)18(3)31-20-10-8-19(26)9-11-20/h4-11,14-15,18H,12-13H2,1-3H3. The molecular weight excluding hydrogens is 431 g/mol. The van der Waals surface area contributed by atoms with E-state index < -0.39 is 0 Å². The highest BCUT2D eigenvalue weighted by atomic mass is 35.5. The molecule has 1 unspecified atom stereocenters. The number of benzene rings is 3. The van der Waals surface area contributed by atoms with E-state index in [0.29, 0.717) is 18.2 Å². The third-order valence-corrected chi connectivity index (χ3v) is 6.02. The van der Waals surface area contributed by atoms with Gasteiger partial charge < -0.3 is 14.0 Å². The number of imidazole rings is 1. The van der Waals surface area contributed by atoms with Crippen LogP contribution in [0.2, 0.25) is 10.0 Å². The van der Waals surface area contributed by atoms with E-state index in [9.17, 15) is 0 Å². The Morgan fingerprint density at radius 3 is 2.32 bits per heavy atom. The normalized spacial score (nSPS) is 12.2. The van der Waals surface area contributed by atoms with Crippen molar-refractivity contribution in [2.45, 2.75) is 33.4 Å². The quantitative estimate of drug-likeness (QED) is 0.296. The average Bonchev–Trinajstić information content (AvgIpc) is 3.12. The van der Waals surface area contributed by atoms with Gasteiger partial charge >= 0.3 is 0 Å². The van der Waals surface area contributed by atoms with E-state index in [2.05, 4.69) is 10.6 Å². The van der Waals surface area contributed by atoms with Gasteiger partial charge in [0.1, 0.15) is 18.1 Å². The summed E-state index contributed by atoms with van der Waals surface area (Å²) in [6.45, 7) is 7.12. The van der Waals surface area contributed by atoms with Gasteiger partial charge in [0, 0.05) is 10.0 Å². The zero-order valence-electron chi connectivity index (χ0n) is 17.7. The van der Waals surface area contributed by atoms with Gasteiger partial charge in [-0.3, -0.25) is 0 Å². The van der Waals surface area contributed by atoms with Gasteiger partial charge in [-0.15, -0.1) is 0 Å². The Bertz CT molecular complexity index is 1180. The van der Waals surface area contributed by atoms with Crippen LogP contribution in [0.4, 0.5) is 0 Å². The summed E-state index contributed by atoms with van der Waals surface area (Å²) in [6.07, 6.45) is -0.242. The molecule has 0 saturated carbocycles. The molecule has 0 amide bonds. The van der Waals surface area contributed by atoms with E-state index >= 15 is 0 Å². The average molecular weight is 455 g/mol. The maximum Gasteiger partial charge on any atom is 0.153 e. The first kappa shape index (κ1) is 21.5. The molecule has 0 bridgehead atoms. The molecule has 3 aromatic carbocycles. The molecule has 4 nitrogen and oxygen atoms in total. The number of para-hydroxylation sites is 2. The van der Waals surface area contributed by atoms with Gasteiger partial charge in [0.15, 0.2) is 11.9 Å². The number of aromatic nitrogens is 2. The van der Waals surface area contributed by atoms with Crippen molar-refractivity contribution in [3.05, 3.63) is 87.7 Å². The molecule has 0 radical (unpaired) electrons. The second-order valence-corrected chi connectivity index (χ2v) is 8.36. The maximum absolute atomic E-state index is 6.27. The molecule has 0 aliphatic rings. The van der Waals surface area contributed by atoms with Gasteiger partial charge in [0.2, 0.25) is 0 Å². The van der Waals surface area contributed by atoms with Gasteiger partial charge in [-0.1, -0.05) is 35.3 Å². The molecule has 0 spiro atoms. The minimum Gasteiger partial charge on any atom is -0.492 e. The zero-order valence-corrected chi connectivity index (χ0v) is 19.2. The maximum atomic E-state index is 6.27. The van der Waals surface area contributed by atoms with Gasteiger partial charge in [-0.2, -0.15) is 0 Å². The summed E-state index contributed by atoms with van der Waals surface area (Å²) in [4.78, 5) is 4.83. The summed E-state index contributed by atoms with van der Waals surface area (Å²) in [5.41, 5.74) is 4.00. The number of aryl methyl sites for hydroxylation is 2. The van der Waals surface area contributed by atoms with Crippen molar-refractivity contribution in [3.8, 4) is 11.5 Å². The van der Waals surface area contributed by atoms with Crippen LogP contribution in [-0.4, -0.2) is 16.2 Å². The van der Waals surface area contributed by atoms with E-state index in [0.717, 1.165) is 44.5 Å². The lowest BCUT2D eigenvalue weighted by Crippen LogP contribution is -2.15. The fourth-order valence-electron chi connectivity index (χ4n) is 3.65. The molecule has 160 valence electrons. The summed E-state index contributed by atoms with van der Waals surface area (Å²) in [6, 6.07) is 19.4. The largest absolute Gasteiger partial charge is 0.492 e. The lowest BCUT2D eigenvalue weighted by molar-refractivity contribution is 0.207. The van der Waals surface area contributed by atoms with E-state index in [4.69, 9.17) is 37.7 Å². The number of halogens is 2. The molecule has 4 aromatic rings. The van der Waals surface area contributed by atoms with Crippen molar-refractivity contribution in [1.82, 2.24) is 9.55 Å². The Kier molecular flexibility index (Phi) is 6.40. The van der Waals surface area contributed by atoms with Crippen molar-refractivity contribution in [2.24, 2.45) is 0 Å². The van der Waals surface area contributed by atoms with Gasteiger partial charge in [0.05, 0.1) is 17.6 Å². The zero-order chi connectivity index (χ0) is 22.0.